The number of halogens is 3. The van der Waals surface area contributed by atoms with Gasteiger partial charge in [0.1, 0.15) is 0 Å². The summed E-state index contributed by atoms with van der Waals surface area (Å²) in [7, 11) is 0. The summed E-state index contributed by atoms with van der Waals surface area (Å²) in [6.07, 6.45) is -2.64. The first-order valence-corrected chi connectivity index (χ1v) is 6.14. The first-order chi connectivity index (χ1) is 8.97. The zero-order valence-electron chi connectivity index (χ0n) is 10.3. The second-order valence-corrected chi connectivity index (χ2v) is 4.56. The zero-order valence-corrected chi connectivity index (χ0v) is 10.3. The van der Waals surface area contributed by atoms with E-state index in [0.717, 1.165) is 30.5 Å². The third kappa shape index (κ3) is 3.70. The molecule has 0 aliphatic carbocycles. The Morgan fingerprint density at radius 3 is 2.53 bits per heavy atom. The summed E-state index contributed by atoms with van der Waals surface area (Å²) >= 11 is 0. The second-order valence-electron chi connectivity index (χ2n) is 4.56. The lowest BCUT2D eigenvalue weighted by molar-refractivity contribution is -0.137. The van der Waals surface area contributed by atoms with Gasteiger partial charge < -0.3 is 10.6 Å². The summed E-state index contributed by atoms with van der Waals surface area (Å²) in [6, 6.07) is 4.71. The van der Waals surface area contributed by atoms with E-state index < -0.39 is 11.7 Å². The Kier molecular flexibility index (Phi) is 4.09. The van der Waals surface area contributed by atoms with Crippen LogP contribution in [0, 0.1) is 0 Å². The lowest BCUT2D eigenvalue weighted by Gasteiger charge is -2.22. The van der Waals surface area contributed by atoms with Gasteiger partial charge >= 0.3 is 6.18 Å². The number of alkyl halides is 3. The minimum Gasteiger partial charge on any atom is -0.355 e. The van der Waals surface area contributed by atoms with E-state index >= 15 is 0 Å². The molecular formula is C13H15F3N2O. The predicted octanol–water partition coefficient (Wildman–Crippen LogP) is 2.07. The molecule has 6 heteroatoms. The fourth-order valence-electron chi connectivity index (χ4n) is 2.02. The molecule has 1 aromatic rings. The van der Waals surface area contributed by atoms with Gasteiger partial charge in [-0.25, -0.2) is 0 Å². The van der Waals surface area contributed by atoms with Gasteiger partial charge in [-0.1, -0.05) is 12.1 Å². The van der Waals surface area contributed by atoms with Crippen LogP contribution in [0.3, 0.4) is 0 Å². The van der Waals surface area contributed by atoms with E-state index in [-0.39, 0.29) is 11.9 Å². The van der Waals surface area contributed by atoms with E-state index in [0.29, 0.717) is 13.1 Å². The van der Waals surface area contributed by atoms with Gasteiger partial charge in [0.2, 0.25) is 5.91 Å². The maximum Gasteiger partial charge on any atom is 0.416 e. The van der Waals surface area contributed by atoms with Crippen molar-refractivity contribution < 1.29 is 18.0 Å². The van der Waals surface area contributed by atoms with E-state index in [1.807, 2.05) is 0 Å². The lowest BCUT2D eigenvalue weighted by Crippen LogP contribution is -2.47. The topological polar surface area (TPSA) is 41.1 Å². The number of hydrogen-bond acceptors (Lipinski definition) is 2. The van der Waals surface area contributed by atoms with Gasteiger partial charge in [-0.15, -0.1) is 0 Å². The molecule has 1 unspecified atom stereocenters. The quantitative estimate of drug-likeness (QED) is 0.884. The molecule has 1 saturated heterocycles. The van der Waals surface area contributed by atoms with Crippen molar-refractivity contribution in [2.75, 3.05) is 6.54 Å². The maximum atomic E-state index is 12.4. The van der Waals surface area contributed by atoms with Crippen molar-refractivity contribution in [3.05, 3.63) is 35.4 Å². The summed E-state index contributed by atoms with van der Waals surface area (Å²) in [5.41, 5.74) is 0.0676. The molecule has 0 aromatic heterocycles. The third-order valence-electron chi connectivity index (χ3n) is 3.12. The maximum absolute atomic E-state index is 12.4. The Morgan fingerprint density at radius 1 is 1.26 bits per heavy atom. The van der Waals surface area contributed by atoms with Crippen molar-refractivity contribution in [3.8, 4) is 0 Å². The van der Waals surface area contributed by atoms with Crippen LogP contribution in [0.5, 0.6) is 0 Å². The highest BCUT2D eigenvalue weighted by Crippen LogP contribution is 2.29. The smallest absolute Gasteiger partial charge is 0.355 e. The van der Waals surface area contributed by atoms with Gasteiger partial charge in [0, 0.05) is 13.1 Å². The molecule has 1 heterocycles. The molecule has 104 valence electrons. The fourth-order valence-corrected chi connectivity index (χ4v) is 2.02. The Morgan fingerprint density at radius 2 is 1.95 bits per heavy atom. The number of amides is 1. The van der Waals surface area contributed by atoms with Gasteiger partial charge in [-0.2, -0.15) is 13.2 Å². The van der Waals surface area contributed by atoms with Gasteiger partial charge in [0.25, 0.3) is 0 Å². The molecule has 19 heavy (non-hydrogen) atoms. The monoisotopic (exact) mass is 272 g/mol. The molecule has 2 rings (SSSR count). The molecule has 0 spiro atoms. The number of carbonyl (C=O) groups excluding carboxylic acids is 1. The Balaban J connectivity index is 1.91. The van der Waals surface area contributed by atoms with Crippen LogP contribution in [-0.4, -0.2) is 18.5 Å². The van der Waals surface area contributed by atoms with Gasteiger partial charge in [-0.3, -0.25) is 4.79 Å². The summed E-state index contributed by atoms with van der Waals surface area (Å²) < 4.78 is 37.1. The van der Waals surface area contributed by atoms with Crippen LogP contribution >= 0.6 is 0 Å². The fraction of sp³-hybridized carbons (Fsp3) is 0.462. The van der Waals surface area contributed by atoms with Crippen molar-refractivity contribution >= 4 is 5.91 Å². The normalized spacial score (nSPS) is 20.2. The number of carbonyl (C=O) groups is 1. The highest BCUT2D eigenvalue weighted by molar-refractivity contribution is 5.82. The average Bonchev–Trinajstić information content (AvgIpc) is 2.37. The van der Waals surface area contributed by atoms with Gasteiger partial charge in [0.05, 0.1) is 11.6 Å². The van der Waals surface area contributed by atoms with E-state index in [9.17, 15) is 18.0 Å². The molecule has 0 bridgehead atoms. The van der Waals surface area contributed by atoms with Crippen molar-refractivity contribution in [2.45, 2.75) is 31.6 Å². The van der Waals surface area contributed by atoms with Crippen LogP contribution in [-0.2, 0) is 17.5 Å². The van der Waals surface area contributed by atoms with Crippen molar-refractivity contribution in [2.24, 2.45) is 0 Å². The van der Waals surface area contributed by atoms with E-state index in [2.05, 4.69) is 10.6 Å². The SMILES string of the molecule is O=C1NCCCC1NCc1ccc(C(F)(F)F)cc1. The van der Waals surface area contributed by atoms with Crippen LogP contribution in [0.25, 0.3) is 0 Å². The molecule has 1 amide bonds. The molecule has 0 saturated carbocycles. The number of piperidine rings is 1. The summed E-state index contributed by atoms with van der Waals surface area (Å²) in [5, 5.41) is 5.80. The Hall–Kier alpha value is -1.56. The van der Waals surface area contributed by atoms with Gasteiger partial charge in [-0.05, 0) is 30.5 Å². The van der Waals surface area contributed by atoms with Crippen LogP contribution in [0.2, 0.25) is 0 Å². The second kappa shape index (κ2) is 5.61. The molecular weight excluding hydrogens is 257 g/mol. The summed E-state index contributed by atoms with van der Waals surface area (Å²) in [6.45, 7) is 1.08. The molecule has 1 fully saturated rings. The summed E-state index contributed by atoms with van der Waals surface area (Å²) in [5.74, 6) is -0.0434. The molecule has 2 N–H and O–H groups in total. The summed E-state index contributed by atoms with van der Waals surface area (Å²) in [4.78, 5) is 11.5. The highest BCUT2D eigenvalue weighted by atomic mass is 19.4. The molecule has 1 atom stereocenters. The minimum atomic E-state index is -4.31. The Bertz CT molecular complexity index is 442. The molecule has 1 aliphatic rings. The minimum absolute atomic E-state index is 0.0434. The molecule has 0 radical (unpaired) electrons. The van der Waals surface area contributed by atoms with Crippen molar-refractivity contribution in [1.29, 1.82) is 0 Å². The zero-order chi connectivity index (χ0) is 13.9. The van der Waals surface area contributed by atoms with E-state index in [4.69, 9.17) is 0 Å². The third-order valence-corrected chi connectivity index (χ3v) is 3.12. The molecule has 3 nitrogen and oxygen atoms in total. The van der Waals surface area contributed by atoms with Gasteiger partial charge in [0.15, 0.2) is 0 Å². The van der Waals surface area contributed by atoms with Crippen LogP contribution in [0.1, 0.15) is 24.0 Å². The number of hydrogen-bond donors (Lipinski definition) is 2. The standard InChI is InChI=1S/C13H15F3N2O/c14-13(15,16)10-5-3-9(4-6-10)8-18-11-2-1-7-17-12(11)19/h3-6,11,18H,1-2,7-8H2,(H,17,19). The van der Waals surface area contributed by atoms with Crippen molar-refractivity contribution in [1.82, 2.24) is 10.6 Å². The first-order valence-electron chi connectivity index (χ1n) is 6.14. The average molecular weight is 272 g/mol. The van der Waals surface area contributed by atoms with E-state index in [1.165, 1.54) is 12.1 Å². The Labute approximate surface area is 109 Å². The lowest BCUT2D eigenvalue weighted by atomic mass is 10.1. The number of benzene rings is 1. The number of rotatable bonds is 3. The first kappa shape index (κ1) is 13.9. The molecule has 1 aromatic carbocycles. The highest BCUT2D eigenvalue weighted by Gasteiger charge is 2.30. The predicted molar refractivity (Wildman–Crippen MR) is 64.3 cm³/mol. The van der Waals surface area contributed by atoms with Crippen LogP contribution in [0.15, 0.2) is 24.3 Å². The van der Waals surface area contributed by atoms with E-state index in [1.54, 1.807) is 0 Å². The van der Waals surface area contributed by atoms with Crippen LogP contribution in [0.4, 0.5) is 13.2 Å². The largest absolute Gasteiger partial charge is 0.416 e. The molecule has 1 aliphatic heterocycles. The number of nitrogens with one attached hydrogen (secondary N) is 2. The van der Waals surface area contributed by atoms with Crippen LogP contribution < -0.4 is 10.6 Å². The van der Waals surface area contributed by atoms with Crippen molar-refractivity contribution in [3.63, 3.8) is 0 Å².